The van der Waals surface area contributed by atoms with Crippen molar-refractivity contribution in [3.63, 3.8) is 0 Å². The topological polar surface area (TPSA) is 60.2 Å². The number of benzene rings is 1. The molecule has 0 bridgehead atoms. The number of nitrogen functional groups attached to an aromatic ring is 1. The van der Waals surface area contributed by atoms with Crippen LogP contribution in [0.1, 0.15) is 11.1 Å². The number of nitrogens with zero attached hydrogens (tertiary/aromatic N) is 1. The van der Waals surface area contributed by atoms with Crippen molar-refractivity contribution in [2.75, 3.05) is 5.43 Å². The quantitative estimate of drug-likeness (QED) is 0.673. The SMILES string of the molecule is Cc1cc(OCc2ccc(NN)nc2)ccc1Br. The molecule has 0 saturated carbocycles. The molecule has 94 valence electrons. The highest BCUT2D eigenvalue weighted by Gasteiger charge is 2.00. The number of ether oxygens (including phenoxy) is 1. The van der Waals surface area contributed by atoms with E-state index in [1.165, 1.54) is 0 Å². The zero-order chi connectivity index (χ0) is 13.0. The van der Waals surface area contributed by atoms with E-state index in [1.54, 1.807) is 6.20 Å². The van der Waals surface area contributed by atoms with E-state index in [-0.39, 0.29) is 0 Å². The Balaban J connectivity index is 1.99. The van der Waals surface area contributed by atoms with Crippen LogP contribution in [-0.2, 0) is 6.61 Å². The van der Waals surface area contributed by atoms with Gasteiger partial charge in [0.15, 0.2) is 0 Å². The molecule has 1 aromatic heterocycles. The summed E-state index contributed by atoms with van der Waals surface area (Å²) in [6.07, 6.45) is 1.74. The smallest absolute Gasteiger partial charge is 0.139 e. The average molecular weight is 308 g/mol. The first-order valence-corrected chi connectivity index (χ1v) is 6.29. The number of pyridine rings is 1. The highest BCUT2D eigenvalue weighted by atomic mass is 79.9. The maximum Gasteiger partial charge on any atom is 0.139 e. The summed E-state index contributed by atoms with van der Waals surface area (Å²) in [7, 11) is 0. The maximum absolute atomic E-state index is 5.69. The Kier molecular flexibility index (Phi) is 4.17. The number of aromatic nitrogens is 1. The minimum Gasteiger partial charge on any atom is -0.489 e. The highest BCUT2D eigenvalue weighted by Crippen LogP contribution is 2.22. The highest BCUT2D eigenvalue weighted by molar-refractivity contribution is 9.10. The molecular formula is C13H14BrN3O. The van der Waals surface area contributed by atoms with Crippen molar-refractivity contribution in [3.8, 4) is 5.75 Å². The molecule has 4 nitrogen and oxygen atoms in total. The Hall–Kier alpha value is -1.59. The third-order valence-corrected chi connectivity index (χ3v) is 3.40. The first-order chi connectivity index (χ1) is 8.69. The number of halogens is 1. The lowest BCUT2D eigenvalue weighted by atomic mass is 10.2. The van der Waals surface area contributed by atoms with Gasteiger partial charge in [0, 0.05) is 16.2 Å². The van der Waals surface area contributed by atoms with Crippen LogP contribution in [0.5, 0.6) is 5.75 Å². The Morgan fingerprint density at radius 1 is 1.33 bits per heavy atom. The molecular weight excluding hydrogens is 294 g/mol. The van der Waals surface area contributed by atoms with Crippen LogP contribution in [0.2, 0.25) is 0 Å². The number of hydrazine groups is 1. The molecule has 0 aliphatic carbocycles. The van der Waals surface area contributed by atoms with Gasteiger partial charge in [-0.15, -0.1) is 0 Å². The minimum atomic E-state index is 0.485. The van der Waals surface area contributed by atoms with Gasteiger partial charge in [-0.25, -0.2) is 10.8 Å². The summed E-state index contributed by atoms with van der Waals surface area (Å²) in [5.41, 5.74) is 4.63. The number of hydrogen-bond acceptors (Lipinski definition) is 4. The van der Waals surface area contributed by atoms with Gasteiger partial charge in [-0.3, -0.25) is 0 Å². The van der Waals surface area contributed by atoms with Gasteiger partial charge in [0.25, 0.3) is 0 Å². The number of rotatable bonds is 4. The van der Waals surface area contributed by atoms with Gasteiger partial charge >= 0.3 is 0 Å². The fraction of sp³-hybridized carbons (Fsp3) is 0.154. The van der Waals surface area contributed by atoms with Crippen LogP contribution in [0, 0.1) is 6.92 Å². The summed E-state index contributed by atoms with van der Waals surface area (Å²) in [6.45, 7) is 2.51. The lowest BCUT2D eigenvalue weighted by Gasteiger charge is -2.08. The van der Waals surface area contributed by atoms with Crippen molar-refractivity contribution in [1.82, 2.24) is 4.98 Å². The first-order valence-electron chi connectivity index (χ1n) is 5.49. The van der Waals surface area contributed by atoms with E-state index in [4.69, 9.17) is 10.6 Å². The van der Waals surface area contributed by atoms with Crippen molar-refractivity contribution in [1.29, 1.82) is 0 Å². The molecule has 0 unspecified atom stereocenters. The Morgan fingerprint density at radius 3 is 2.78 bits per heavy atom. The number of hydrogen-bond donors (Lipinski definition) is 2. The van der Waals surface area contributed by atoms with Gasteiger partial charge in [-0.2, -0.15) is 0 Å². The van der Waals surface area contributed by atoms with Crippen LogP contribution < -0.4 is 16.0 Å². The van der Waals surface area contributed by atoms with Crippen molar-refractivity contribution >= 4 is 21.7 Å². The second-order valence-electron chi connectivity index (χ2n) is 3.90. The molecule has 1 aromatic carbocycles. The normalized spacial score (nSPS) is 10.2. The van der Waals surface area contributed by atoms with Gasteiger partial charge in [0.05, 0.1) is 0 Å². The van der Waals surface area contributed by atoms with Crippen LogP contribution in [-0.4, -0.2) is 4.98 Å². The fourth-order valence-corrected chi connectivity index (χ4v) is 1.72. The lowest BCUT2D eigenvalue weighted by molar-refractivity contribution is 0.305. The van der Waals surface area contributed by atoms with Crippen molar-refractivity contribution in [2.24, 2.45) is 5.84 Å². The Labute approximate surface area is 114 Å². The van der Waals surface area contributed by atoms with Crippen LogP contribution >= 0.6 is 15.9 Å². The molecule has 0 aliphatic heterocycles. The predicted molar refractivity (Wildman–Crippen MR) is 75.3 cm³/mol. The molecule has 1 heterocycles. The Morgan fingerprint density at radius 2 is 2.17 bits per heavy atom. The summed E-state index contributed by atoms with van der Waals surface area (Å²) in [6, 6.07) is 9.64. The minimum absolute atomic E-state index is 0.485. The summed E-state index contributed by atoms with van der Waals surface area (Å²) >= 11 is 3.46. The van der Waals surface area contributed by atoms with Gasteiger partial charge in [0.2, 0.25) is 0 Å². The number of nitrogens with two attached hydrogens (primary N) is 1. The van der Waals surface area contributed by atoms with E-state index in [1.807, 2.05) is 37.3 Å². The second-order valence-corrected chi connectivity index (χ2v) is 4.75. The van der Waals surface area contributed by atoms with E-state index in [9.17, 15) is 0 Å². The van der Waals surface area contributed by atoms with Crippen molar-refractivity contribution in [2.45, 2.75) is 13.5 Å². The van der Waals surface area contributed by atoms with Crippen molar-refractivity contribution in [3.05, 3.63) is 52.1 Å². The van der Waals surface area contributed by atoms with Crippen LogP contribution in [0.25, 0.3) is 0 Å². The van der Waals surface area contributed by atoms with E-state index < -0.39 is 0 Å². The summed E-state index contributed by atoms with van der Waals surface area (Å²) in [4.78, 5) is 4.12. The summed E-state index contributed by atoms with van der Waals surface area (Å²) < 4.78 is 6.77. The zero-order valence-corrected chi connectivity index (χ0v) is 11.6. The average Bonchev–Trinajstić information content (AvgIpc) is 2.41. The molecule has 0 amide bonds. The fourth-order valence-electron chi connectivity index (χ4n) is 1.47. The number of nitrogens with one attached hydrogen (secondary N) is 1. The van der Waals surface area contributed by atoms with Gasteiger partial charge in [-0.05, 0) is 36.8 Å². The van der Waals surface area contributed by atoms with Crippen LogP contribution in [0.15, 0.2) is 41.0 Å². The zero-order valence-electron chi connectivity index (χ0n) is 9.98. The molecule has 5 heteroatoms. The first kappa shape index (κ1) is 12.9. The molecule has 0 spiro atoms. The largest absolute Gasteiger partial charge is 0.489 e. The standard InChI is InChI=1S/C13H14BrN3O/c1-9-6-11(3-4-12(9)14)18-8-10-2-5-13(17-15)16-7-10/h2-7H,8,15H2,1H3,(H,16,17). The third-order valence-electron chi connectivity index (χ3n) is 2.51. The van der Waals surface area contributed by atoms with E-state index in [2.05, 4.69) is 26.3 Å². The predicted octanol–water partition coefficient (Wildman–Crippen LogP) is 3.02. The van der Waals surface area contributed by atoms with E-state index >= 15 is 0 Å². The summed E-state index contributed by atoms with van der Waals surface area (Å²) in [5, 5.41) is 0. The molecule has 0 fully saturated rings. The second kappa shape index (κ2) is 5.84. The lowest BCUT2D eigenvalue weighted by Crippen LogP contribution is -2.08. The molecule has 18 heavy (non-hydrogen) atoms. The molecule has 0 radical (unpaired) electrons. The Bertz CT molecular complexity index is 528. The molecule has 3 N–H and O–H groups in total. The molecule has 2 aromatic rings. The van der Waals surface area contributed by atoms with Gasteiger partial charge in [-0.1, -0.05) is 22.0 Å². The molecule has 0 saturated heterocycles. The van der Waals surface area contributed by atoms with E-state index in [0.717, 1.165) is 21.3 Å². The number of anilines is 1. The van der Waals surface area contributed by atoms with Crippen molar-refractivity contribution < 1.29 is 4.74 Å². The van der Waals surface area contributed by atoms with E-state index in [0.29, 0.717) is 12.4 Å². The molecule has 2 rings (SSSR count). The number of aryl methyl sites for hydroxylation is 1. The van der Waals surface area contributed by atoms with Crippen LogP contribution in [0.3, 0.4) is 0 Å². The molecule has 0 aliphatic rings. The van der Waals surface area contributed by atoms with Gasteiger partial charge < -0.3 is 10.2 Å². The monoisotopic (exact) mass is 307 g/mol. The van der Waals surface area contributed by atoms with Crippen LogP contribution in [0.4, 0.5) is 5.82 Å². The summed E-state index contributed by atoms with van der Waals surface area (Å²) in [5.74, 6) is 6.73. The van der Waals surface area contributed by atoms with Gasteiger partial charge in [0.1, 0.15) is 18.2 Å². The molecule has 0 atom stereocenters. The third kappa shape index (κ3) is 3.21. The maximum atomic E-state index is 5.69.